The van der Waals surface area contributed by atoms with Crippen LogP contribution in [0.2, 0.25) is 0 Å². The van der Waals surface area contributed by atoms with E-state index in [4.69, 9.17) is 10.9 Å². The summed E-state index contributed by atoms with van der Waals surface area (Å²) < 4.78 is 38.0. The molecule has 7 heteroatoms. The van der Waals surface area contributed by atoms with E-state index in [1.165, 1.54) is 0 Å². The van der Waals surface area contributed by atoms with Crippen LogP contribution in [0.1, 0.15) is 32.6 Å². The molecular formula is C12H22F3N3O. The lowest BCUT2D eigenvalue weighted by molar-refractivity contribution is -0.155. The van der Waals surface area contributed by atoms with Gasteiger partial charge in [0.05, 0.1) is 0 Å². The largest absolute Gasteiger partial charge is 0.409 e. The zero-order valence-electron chi connectivity index (χ0n) is 11.1. The summed E-state index contributed by atoms with van der Waals surface area (Å²) in [5, 5.41) is 13.6. The molecule has 0 saturated heterocycles. The summed E-state index contributed by atoms with van der Waals surface area (Å²) in [6, 6.07) is 0. The third kappa shape index (κ3) is 5.26. The number of hydrogen-bond acceptors (Lipinski definition) is 3. The first-order valence-electron chi connectivity index (χ1n) is 6.59. The van der Waals surface area contributed by atoms with E-state index in [2.05, 4.69) is 17.4 Å². The van der Waals surface area contributed by atoms with Crippen molar-refractivity contribution in [2.24, 2.45) is 28.6 Å². The zero-order valence-corrected chi connectivity index (χ0v) is 11.1. The van der Waals surface area contributed by atoms with E-state index in [-0.39, 0.29) is 6.54 Å². The monoisotopic (exact) mass is 281 g/mol. The fourth-order valence-corrected chi connectivity index (χ4v) is 2.42. The summed E-state index contributed by atoms with van der Waals surface area (Å²) in [5.41, 5.74) is 5.08. The molecule has 0 amide bonds. The van der Waals surface area contributed by atoms with E-state index in [1.807, 2.05) is 0 Å². The highest BCUT2D eigenvalue weighted by Crippen LogP contribution is 2.28. The quantitative estimate of drug-likeness (QED) is 0.313. The first-order chi connectivity index (χ1) is 8.84. The van der Waals surface area contributed by atoms with Gasteiger partial charge in [0.2, 0.25) is 0 Å². The molecule has 0 aromatic carbocycles. The van der Waals surface area contributed by atoms with Crippen molar-refractivity contribution in [2.75, 3.05) is 13.1 Å². The molecule has 0 bridgehead atoms. The second kappa shape index (κ2) is 6.98. The molecule has 4 nitrogen and oxygen atoms in total. The molecule has 112 valence electrons. The highest BCUT2D eigenvalue weighted by Gasteiger charge is 2.42. The molecule has 0 heterocycles. The second-order valence-corrected chi connectivity index (χ2v) is 5.40. The number of alkyl halides is 3. The van der Waals surface area contributed by atoms with Gasteiger partial charge in [0.1, 0.15) is 5.92 Å². The maximum atomic E-state index is 12.7. The predicted molar refractivity (Wildman–Crippen MR) is 66.9 cm³/mol. The van der Waals surface area contributed by atoms with Gasteiger partial charge in [-0.25, -0.2) is 0 Å². The standard InChI is InChI=1S/C12H22F3N3O/c1-8-2-4-9(5-3-8)6-17-7-10(11(16)18-19)12(13,14)15/h8-10,17,19H,2-7H2,1H3,(H2,16,18). The number of nitrogens with zero attached hydrogens (tertiary/aromatic N) is 1. The van der Waals surface area contributed by atoms with Crippen LogP contribution in [-0.2, 0) is 0 Å². The van der Waals surface area contributed by atoms with Crippen LogP contribution in [0.25, 0.3) is 0 Å². The van der Waals surface area contributed by atoms with E-state index in [1.54, 1.807) is 0 Å². The molecule has 1 rings (SSSR count). The van der Waals surface area contributed by atoms with Gasteiger partial charge in [-0.2, -0.15) is 13.2 Å². The van der Waals surface area contributed by atoms with E-state index in [9.17, 15) is 13.2 Å². The van der Waals surface area contributed by atoms with E-state index in [0.29, 0.717) is 12.5 Å². The molecule has 1 atom stereocenters. The number of nitrogens with two attached hydrogens (primary N) is 1. The van der Waals surface area contributed by atoms with Crippen LogP contribution in [0, 0.1) is 17.8 Å². The Morgan fingerprint density at radius 1 is 1.37 bits per heavy atom. The van der Waals surface area contributed by atoms with E-state index >= 15 is 0 Å². The Hall–Kier alpha value is -0.980. The summed E-state index contributed by atoms with van der Waals surface area (Å²) >= 11 is 0. The SMILES string of the molecule is CC1CCC(CNCC(C(N)=NO)C(F)(F)F)CC1. The molecule has 1 saturated carbocycles. The number of halogens is 3. The van der Waals surface area contributed by atoms with E-state index < -0.39 is 17.9 Å². The van der Waals surface area contributed by atoms with Crippen molar-refractivity contribution >= 4 is 5.84 Å². The fraction of sp³-hybridized carbons (Fsp3) is 0.917. The van der Waals surface area contributed by atoms with Crippen LogP contribution < -0.4 is 11.1 Å². The fourth-order valence-electron chi connectivity index (χ4n) is 2.42. The summed E-state index contributed by atoms with van der Waals surface area (Å²) in [6.45, 7) is 2.41. The van der Waals surface area contributed by atoms with Crippen LogP contribution in [0.3, 0.4) is 0 Å². The summed E-state index contributed by atoms with van der Waals surface area (Å²) in [5.74, 6) is -1.58. The van der Waals surface area contributed by atoms with Crippen molar-refractivity contribution in [1.29, 1.82) is 0 Å². The second-order valence-electron chi connectivity index (χ2n) is 5.40. The van der Waals surface area contributed by atoms with Crippen LogP contribution >= 0.6 is 0 Å². The predicted octanol–water partition coefficient (Wildman–Crippen LogP) is 2.33. The Balaban J connectivity index is 2.37. The summed E-state index contributed by atoms with van der Waals surface area (Å²) in [6.07, 6.45) is -0.127. The highest BCUT2D eigenvalue weighted by molar-refractivity contribution is 5.83. The normalized spacial score (nSPS) is 27.3. The Morgan fingerprint density at radius 2 is 1.95 bits per heavy atom. The summed E-state index contributed by atoms with van der Waals surface area (Å²) in [4.78, 5) is 0. The zero-order chi connectivity index (χ0) is 14.5. The van der Waals surface area contributed by atoms with Gasteiger partial charge < -0.3 is 16.3 Å². The molecule has 0 aliphatic heterocycles. The van der Waals surface area contributed by atoms with Crippen molar-refractivity contribution in [1.82, 2.24) is 5.32 Å². The first-order valence-corrected chi connectivity index (χ1v) is 6.59. The van der Waals surface area contributed by atoms with Crippen LogP contribution in [0.5, 0.6) is 0 Å². The minimum absolute atomic E-state index is 0.342. The molecule has 1 aliphatic carbocycles. The number of oxime groups is 1. The molecule has 0 aromatic rings. The average molecular weight is 281 g/mol. The van der Waals surface area contributed by atoms with Gasteiger partial charge in [0, 0.05) is 6.54 Å². The highest BCUT2D eigenvalue weighted by atomic mass is 19.4. The van der Waals surface area contributed by atoms with Gasteiger partial charge in [-0.05, 0) is 31.2 Å². The van der Waals surface area contributed by atoms with Gasteiger partial charge in [-0.15, -0.1) is 0 Å². The smallest absolute Gasteiger partial charge is 0.400 e. The summed E-state index contributed by atoms with van der Waals surface area (Å²) in [7, 11) is 0. The maximum absolute atomic E-state index is 12.7. The molecule has 1 unspecified atom stereocenters. The van der Waals surface area contributed by atoms with Crippen molar-refractivity contribution in [3.8, 4) is 0 Å². The number of rotatable bonds is 5. The topological polar surface area (TPSA) is 70.6 Å². The first kappa shape index (κ1) is 16.1. The number of nitrogens with one attached hydrogen (secondary N) is 1. The van der Waals surface area contributed by atoms with Crippen LogP contribution in [0.15, 0.2) is 5.16 Å². The Bertz CT molecular complexity index is 299. The molecular weight excluding hydrogens is 259 g/mol. The number of hydrogen-bond donors (Lipinski definition) is 3. The van der Waals surface area contributed by atoms with Gasteiger partial charge in [0.25, 0.3) is 0 Å². The third-order valence-corrected chi connectivity index (χ3v) is 3.78. The molecule has 4 N–H and O–H groups in total. The molecule has 1 aliphatic rings. The van der Waals surface area contributed by atoms with Crippen molar-refractivity contribution in [3.05, 3.63) is 0 Å². The maximum Gasteiger partial charge on any atom is 0.400 e. The molecule has 19 heavy (non-hydrogen) atoms. The van der Waals surface area contributed by atoms with Gasteiger partial charge in [0.15, 0.2) is 5.84 Å². The molecule has 0 radical (unpaired) electrons. The third-order valence-electron chi connectivity index (χ3n) is 3.78. The van der Waals surface area contributed by atoms with Crippen molar-refractivity contribution in [3.63, 3.8) is 0 Å². The van der Waals surface area contributed by atoms with Crippen LogP contribution in [-0.4, -0.2) is 30.3 Å². The van der Waals surface area contributed by atoms with Crippen molar-refractivity contribution < 1.29 is 18.4 Å². The van der Waals surface area contributed by atoms with Crippen molar-refractivity contribution in [2.45, 2.75) is 38.8 Å². The minimum atomic E-state index is -4.50. The minimum Gasteiger partial charge on any atom is -0.409 e. The lowest BCUT2D eigenvalue weighted by Crippen LogP contribution is -2.43. The lowest BCUT2D eigenvalue weighted by Gasteiger charge is -2.27. The average Bonchev–Trinajstić information content (AvgIpc) is 2.34. The Morgan fingerprint density at radius 3 is 2.42 bits per heavy atom. The Kier molecular flexibility index (Phi) is 5.90. The molecule has 0 aromatic heterocycles. The van der Waals surface area contributed by atoms with Gasteiger partial charge in [-0.3, -0.25) is 0 Å². The number of amidine groups is 1. The Labute approximate surface area is 111 Å². The van der Waals surface area contributed by atoms with Crippen LogP contribution in [0.4, 0.5) is 13.2 Å². The molecule has 0 spiro atoms. The van der Waals surface area contributed by atoms with E-state index in [0.717, 1.165) is 31.6 Å². The molecule has 1 fully saturated rings. The van der Waals surface area contributed by atoms with Gasteiger partial charge in [-0.1, -0.05) is 24.9 Å². The van der Waals surface area contributed by atoms with Gasteiger partial charge >= 0.3 is 6.18 Å². The lowest BCUT2D eigenvalue weighted by atomic mass is 9.83.